The van der Waals surface area contributed by atoms with Crippen LogP contribution in [0.5, 0.6) is 5.75 Å². The number of halogens is 1. The van der Waals surface area contributed by atoms with E-state index in [4.69, 9.17) is 16.3 Å². The van der Waals surface area contributed by atoms with Crippen molar-refractivity contribution in [2.75, 3.05) is 13.7 Å². The SMILES string of the molecule is CN1C2CCC1(COc1cccc3ccccc13)CC(c1cccc(Cl)c1)C2. The molecule has 0 spiro atoms. The molecule has 2 fully saturated rings. The molecule has 2 aliphatic heterocycles. The Hall–Kier alpha value is -2.03. The smallest absolute Gasteiger partial charge is 0.127 e. The van der Waals surface area contributed by atoms with Crippen LogP contribution in [0.4, 0.5) is 0 Å². The van der Waals surface area contributed by atoms with E-state index in [-0.39, 0.29) is 5.54 Å². The zero-order chi connectivity index (χ0) is 19.1. The molecule has 2 heterocycles. The highest BCUT2D eigenvalue weighted by molar-refractivity contribution is 6.30. The third-order valence-electron chi connectivity index (χ3n) is 6.99. The maximum absolute atomic E-state index is 6.49. The first-order valence-electron chi connectivity index (χ1n) is 10.2. The van der Waals surface area contributed by atoms with Crippen molar-refractivity contribution in [1.29, 1.82) is 0 Å². The highest BCUT2D eigenvalue weighted by Gasteiger charge is 2.50. The highest BCUT2D eigenvalue weighted by atomic mass is 35.5. The van der Waals surface area contributed by atoms with E-state index in [1.807, 2.05) is 6.07 Å². The molecule has 2 bridgehead atoms. The largest absolute Gasteiger partial charge is 0.491 e. The molecule has 0 radical (unpaired) electrons. The van der Waals surface area contributed by atoms with Crippen LogP contribution in [0.15, 0.2) is 66.7 Å². The van der Waals surface area contributed by atoms with Gasteiger partial charge in [0.05, 0.1) is 5.54 Å². The van der Waals surface area contributed by atoms with Crippen LogP contribution in [0, 0.1) is 0 Å². The summed E-state index contributed by atoms with van der Waals surface area (Å²) in [6.45, 7) is 0.741. The topological polar surface area (TPSA) is 12.5 Å². The van der Waals surface area contributed by atoms with Gasteiger partial charge in [0.1, 0.15) is 12.4 Å². The normalized spacial score (nSPS) is 27.2. The van der Waals surface area contributed by atoms with Crippen molar-refractivity contribution in [3.05, 3.63) is 77.3 Å². The van der Waals surface area contributed by atoms with Gasteiger partial charge in [-0.25, -0.2) is 0 Å². The van der Waals surface area contributed by atoms with Gasteiger partial charge in [-0.2, -0.15) is 0 Å². The van der Waals surface area contributed by atoms with Gasteiger partial charge in [0.15, 0.2) is 0 Å². The lowest BCUT2D eigenvalue weighted by Gasteiger charge is -2.46. The highest BCUT2D eigenvalue weighted by Crippen LogP contribution is 2.49. The average Bonchev–Trinajstić information content (AvgIpc) is 2.90. The molecule has 0 aliphatic carbocycles. The van der Waals surface area contributed by atoms with E-state index in [9.17, 15) is 0 Å². The van der Waals surface area contributed by atoms with Crippen LogP contribution in [-0.4, -0.2) is 30.1 Å². The van der Waals surface area contributed by atoms with Crippen LogP contribution in [0.25, 0.3) is 10.8 Å². The summed E-state index contributed by atoms with van der Waals surface area (Å²) in [4.78, 5) is 2.60. The Morgan fingerprint density at radius 1 is 1.07 bits per heavy atom. The molecule has 3 aromatic rings. The predicted octanol–water partition coefficient (Wildman–Crippen LogP) is 6.28. The lowest BCUT2D eigenvalue weighted by molar-refractivity contribution is 0.0289. The van der Waals surface area contributed by atoms with E-state index in [2.05, 4.69) is 72.6 Å². The molecule has 0 aromatic heterocycles. The molecule has 144 valence electrons. The molecule has 2 nitrogen and oxygen atoms in total. The molecule has 0 saturated carbocycles. The fourth-order valence-electron chi connectivity index (χ4n) is 5.37. The van der Waals surface area contributed by atoms with E-state index in [1.165, 1.54) is 35.6 Å². The number of hydrogen-bond donors (Lipinski definition) is 0. The second kappa shape index (κ2) is 7.09. The summed E-state index contributed by atoms with van der Waals surface area (Å²) in [7, 11) is 2.29. The molecule has 5 rings (SSSR count). The zero-order valence-electron chi connectivity index (χ0n) is 16.3. The fourth-order valence-corrected chi connectivity index (χ4v) is 5.56. The lowest BCUT2D eigenvalue weighted by Crippen LogP contribution is -2.53. The monoisotopic (exact) mass is 391 g/mol. The zero-order valence-corrected chi connectivity index (χ0v) is 17.0. The summed E-state index contributed by atoms with van der Waals surface area (Å²) in [6, 6.07) is 23.9. The number of hydrogen-bond acceptors (Lipinski definition) is 2. The quantitative estimate of drug-likeness (QED) is 0.518. The summed E-state index contributed by atoms with van der Waals surface area (Å²) < 4.78 is 6.49. The van der Waals surface area contributed by atoms with Crippen LogP contribution in [0.1, 0.15) is 37.2 Å². The van der Waals surface area contributed by atoms with Gasteiger partial charge >= 0.3 is 0 Å². The number of likely N-dealkylation sites (N-methyl/N-ethyl adjacent to an activating group) is 1. The van der Waals surface area contributed by atoms with Gasteiger partial charge in [-0.1, -0.05) is 60.1 Å². The first-order chi connectivity index (χ1) is 13.6. The molecule has 2 aliphatic rings. The molecule has 2 saturated heterocycles. The van der Waals surface area contributed by atoms with E-state index >= 15 is 0 Å². The molecular weight excluding hydrogens is 366 g/mol. The summed E-state index contributed by atoms with van der Waals surface area (Å²) in [5.74, 6) is 1.55. The Bertz CT molecular complexity index is 997. The van der Waals surface area contributed by atoms with Crippen molar-refractivity contribution < 1.29 is 4.74 Å². The average molecular weight is 392 g/mol. The number of ether oxygens (including phenoxy) is 1. The van der Waals surface area contributed by atoms with Crippen molar-refractivity contribution >= 4 is 22.4 Å². The second-order valence-corrected chi connectivity index (χ2v) is 8.92. The summed E-state index contributed by atoms with van der Waals surface area (Å²) in [5, 5.41) is 3.27. The molecule has 0 N–H and O–H groups in total. The Kier molecular flexibility index (Phi) is 4.57. The van der Waals surface area contributed by atoms with Crippen molar-refractivity contribution in [2.24, 2.45) is 0 Å². The fraction of sp³-hybridized carbons (Fsp3) is 0.360. The van der Waals surface area contributed by atoms with Crippen LogP contribution in [0.2, 0.25) is 5.02 Å². The molecule has 28 heavy (non-hydrogen) atoms. The summed E-state index contributed by atoms with van der Waals surface area (Å²) in [6.07, 6.45) is 4.81. The molecule has 3 aromatic carbocycles. The van der Waals surface area contributed by atoms with Crippen LogP contribution in [0.3, 0.4) is 0 Å². The lowest BCUT2D eigenvalue weighted by atomic mass is 9.78. The molecule has 3 atom stereocenters. The van der Waals surface area contributed by atoms with Gasteiger partial charge in [0.25, 0.3) is 0 Å². The maximum atomic E-state index is 6.49. The van der Waals surface area contributed by atoms with Crippen molar-refractivity contribution in [2.45, 2.75) is 43.2 Å². The van der Waals surface area contributed by atoms with Crippen LogP contribution >= 0.6 is 11.6 Å². The minimum absolute atomic E-state index is 0.104. The predicted molar refractivity (Wildman–Crippen MR) is 116 cm³/mol. The first-order valence-corrected chi connectivity index (χ1v) is 10.6. The number of nitrogens with zero attached hydrogens (tertiary/aromatic N) is 1. The Morgan fingerprint density at radius 3 is 2.79 bits per heavy atom. The van der Waals surface area contributed by atoms with Gasteiger partial charge < -0.3 is 4.74 Å². The van der Waals surface area contributed by atoms with E-state index in [0.29, 0.717) is 12.0 Å². The van der Waals surface area contributed by atoms with Gasteiger partial charge in [0, 0.05) is 16.5 Å². The Balaban J connectivity index is 1.41. The molecular formula is C25H26ClNO. The Morgan fingerprint density at radius 2 is 1.89 bits per heavy atom. The van der Waals surface area contributed by atoms with Crippen molar-refractivity contribution in [3.8, 4) is 5.75 Å². The van der Waals surface area contributed by atoms with Crippen molar-refractivity contribution in [3.63, 3.8) is 0 Å². The number of piperidine rings is 1. The number of rotatable bonds is 4. The van der Waals surface area contributed by atoms with E-state index in [0.717, 1.165) is 23.8 Å². The molecule has 0 amide bonds. The van der Waals surface area contributed by atoms with Gasteiger partial charge in [-0.05, 0) is 67.8 Å². The van der Waals surface area contributed by atoms with E-state index < -0.39 is 0 Å². The maximum Gasteiger partial charge on any atom is 0.127 e. The third kappa shape index (κ3) is 3.09. The van der Waals surface area contributed by atoms with E-state index in [1.54, 1.807) is 0 Å². The van der Waals surface area contributed by atoms with Crippen LogP contribution < -0.4 is 4.74 Å². The van der Waals surface area contributed by atoms with Gasteiger partial charge in [0.2, 0.25) is 0 Å². The van der Waals surface area contributed by atoms with Crippen molar-refractivity contribution in [1.82, 2.24) is 4.90 Å². The summed E-state index contributed by atoms with van der Waals surface area (Å²) in [5.41, 5.74) is 1.48. The first kappa shape index (κ1) is 18.0. The molecule has 3 heteroatoms. The minimum Gasteiger partial charge on any atom is -0.491 e. The number of benzene rings is 3. The number of fused-ring (bicyclic) bond motifs is 3. The van der Waals surface area contributed by atoms with Crippen LogP contribution in [-0.2, 0) is 0 Å². The van der Waals surface area contributed by atoms with Gasteiger partial charge in [-0.3, -0.25) is 4.90 Å². The molecule has 3 unspecified atom stereocenters. The van der Waals surface area contributed by atoms with Gasteiger partial charge in [-0.15, -0.1) is 0 Å². The standard InChI is InChI=1S/C25H26ClNO/c1-27-22-12-13-25(27,16-20(15-22)19-8-4-9-21(26)14-19)17-28-24-11-5-7-18-6-2-3-10-23(18)24/h2-11,14,20,22H,12-13,15-17H2,1H3. The Labute approximate surface area is 172 Å². The minimum atomic E-state index is 0.104. The summed E-state index contributed by atoms with van der Waals surface area (Å²) >= 11 is 6.28. The second-order valence-electron chi connectivity index (χ2n) is 8.49. The third-order valence-corrected chi connectivity index (χ3v) is 7.22.